The molecule has 2 heterocycles. The molecule has 2 atom stereocenters. The summed E-state index contributed by atoms with van der Waals surface area (Å²) in [6, 6.07) is 4.04. The number of ether oxygens (including phenoxy) is 3. The van der Waals surface area contributed by atoms with Gasteiger partial charge in [-0.2, -0.15) is 10.5 Å². The first-order valence-electron chi connectivity index (χ1n) is 13.6. The Morgan fingerprint density at radius 2 is 1.52 bits per heavy atom. The fourth-order valence-corrected chi connectivity index (χ4v) is 4.53. The summed E-state index contributed by atoms with van der Waals surface area (Å²) in [5.41, 5.74) is 1.05. The number of methoxy groups -OCH3 is 1. The predicted molar refractivity (Wildman–Crippen MR) is 148 cm³/mol. The highest BCUT2D eigenvalue weighted by Gasteiger charge is 2.40. The SMILES string of the molecule is COC1=C(/C=C/C=C2\C(=O)N(CCCOC(C)C)C(=O)C(C#N)=C2C)C(C)C(C#N)C(=O)N1CCCOC(C)C. The summed E-state index contributed by atoms with van der Waals surface area (Å²) in [5.74, 6) is -2.47. The summed E-state index contributed by atoms with van der Waals surface area (Å²) in [7, 11) is 1.47. The number of rotatable bonds is 13. The maximum absolute atomic E-state index is 13.3. The molecule has 2 aliphatic heterocycles. The average molecular weight is 553 g/mol. The van der Waals surface area contributed by atoms with E-state index in [1.54, 1.807) is 32.1 Å². The number of amides is 3. The summed E-state index contributed by atoms with van der Waals surface area (Å²) in [6.07, 6.45) is 5.97. The summed E-state index contributed by atoms with van der Waals surface area (Å²) in [5, 5.41) is 19.4. The average Bonchev–Trinajstić information content (AvgIpc) is 2.90. The van der Waals surface area contributed by atoms with E-state index in [1.807, 2.05) is 33.8 Å². The molecular weight excluding hydrogens is 512 g/mol. The number of nitriles is 2. The van der Waals surface area contributed by atoms with Gasteiger partial charge in [-0.3, -0.25) is 24.2 Å². The smallest absolute Gasteiger partial charge is 0.271 e. The molecule has 216 valence electrons. The lowest BCUT2D eigenvalue weighted by Gasteiger charge is -2.35. The van der Waals surface area contributed by atoms with E-state index in [4.69, 9.17) is 14.2 Å². The third-order valence-electron chi connectivity index (χ3n) is 6.67. The minimum atomic E-state index is -0.901. The van der Waals surface area contributed by atoms with Crippen molar-refractivity contribution in [2.75, 3.05) is 33.4 Å². The molecular formula is C30H40N4O6. The van der Waals surface area contributed by atoms with Gasteiger partial charge < -0.3 is 14.2 Å². The molecule has 0 saturated carbocycles. The molecule has 2 aliphatic rings. The zero-order valence-electron chi connectivity index (χ0n) is 24.5. The first-order chi connectivity index (χ1) is 19.0. The highest BCUT2D eigenvalue weighted by molar-refractivity contribution is 6.18. The fourth-order valence-electron chi connectivity index (χ4n) is 4.53. The molecule has 0 saturated heterocycles. The Morgan fingerprint density at radius 3 is 2.02 bits per heavy atom. The molecule has 0 aliphatic carbocycles. The van der Waals surface area contributed by atoms with Gasteiger partial charge in [0.25, 0.3) is 11.8 Å². The van der Waals surface area contributed by atoms with Gasteiger partial charge in [0.05, 0.1) is 25.4 Å². The number of hydrogen-bond acceptors (Lipinski definition) is 8. The van der Waals surface area contributed by atoms with E-state index in [2.05, 4.69) is 6.07 Å². The van der Waals surface area contributed by atoms with Crippen LogP contribution in [0.25, 0.3) is 0 Å². The van der Waals surface area contributed by atoms with Crippen LogP contribution >= 0.6 is 0 Å². The molecule has 3 amide bonds. The van der Waals surface area contributed by atoms with Gasteiger partial charge in [0.15, 0.2) is 5.88 Å². The largest absolute Gasteiger partial charge is 0.482 e. The van der Waals surface area contributed by atoms with Crippen molar-refractivity contribution in [1.29, 1.82) is 10.5 Å². The van der Waals surface area contributed by atoms with Crippen molar-refractivity contribution >= 4 is 17.7 Å². The molecule has 0 fully saturated rings. The second kappa shape index (κ2) is 15.2. The minimum Gasteiger partial charge on any atom is -0.482 e. The maximum atomic E-state index is 13.3. The van der Waals surface area contributed by atoms with Crippen LogP contribution in [0.3, 0.4) is 0 Å². The van der Waals surface area contributed by atoms with E-state index in [-0.39, 0.29) is 35.8 Å². The monoisotopic (exact) mass is 552 g/mol. The molecule has 40 heavy (non-hydrogen) atoms. The fraction of sp³-hybridized carbons (Fsp3) is 0.567. The summed E-state index contributed by atoms with van der Waals surface area (Å²) >= 11 is 0. The molecule has 0 aromatic carbocycles. The van der Waals surface area contributed by atoms with E-state index in [0.29, 0.717) is 49.6 Å². The molecule has 0 bridgehead atoms. The van der Waals surface area contributed by atoms with Gasteiger partial charge >= 0.3 is 0 Å². The number of carbonyl (C=O) groups excluding carboxylic acids is 3. The van der Waals surface area contributed by atoms with E-state index < -0.39 is 23.7 Å². The van der Waals surface area contributed by atoms with Gasteiger partial charge in [-0.25, -0.2) is 0 Å². The van der Waals surface area contributed by atoms with Crippen LogP contribution in [0.4, 0.5) is 0 Å². The highest BCUT2D eigenvalue weighted by Crippen LogP contribution is 2.34. The third-order valence-corrected chi connectivity index (χ3v) is 6.67. The Bertz CT molecular complexity index is 1180. The van der Waals surface area contributed by atoms with Crippen LogP contribution in [0.1, 0.15) is 54.4 Å². The number of carbonyl (C=O) groups is 3. The van der Waals surface area contributed by atoms with Crippen LogP contribution in [0.5, 0.6) is 0 Å². The molecule has 10 nitrogen and oxygen atoms in total. The molecule has 10 heteroatoms. The van der Waals surface area contributed by atoms with E-state index in [1.165, 1.54) is 12.0 Å². The van der Waals surface area contributed by atoms with Crippen LogP contribution in [0.15, 0.2) is 46.4 Å². The first kappa shape index (κ1) is 32.5. The van der Waals surface area contributed by atoms with Gasteiger partial charge in [-0.1, -0.05) is 19.1 Å². The lowest BCUT2D eigenvalue weighted by molar-refractivity contribution is -0.141. The molecule has 2 rings (SSSR count). The van der Waals surface area contributed by atoms with Crippen molar-refractivity contribution < 1.29 is 28.6 Å². The molecule has 0 aromatic rings. The minimum absolute atomic E-state index is 0.0267. The molecule has 0 radical (unpaired) electrons. The zero-order chi connectivity index (χ0) is 30.0. The highest BCUT2D eigenvalue weighted by atomic mass is 16.5. The van der Waals surface area contributed by atoms with E-state index >= 15 is 0 Å². The Kier molecular flexibility index (Phi) is 12.3. The van der Waals surface area contributed by atoms with Gasteiger partial charge in [0.2, 0.25) is 5.91 Å². The number of imide groups is 1. The first-order valence-corrected chi connectivity index (χ1v) is 13.6. The Hall–Kier alpha value is -3.73. The van der Waals surface area contributed by atoms with Crippen molar-refractivity contribution in [2.45, 2.75) is 66.6 Å². The standard InChI is InChI=1S/C30H40N4O6/c1-19(2)39-15-9-13-33-27(35)23(21(5)25(17-31)28(33)36)11-8-12-24-22(6)26(18-32)29(37)34(30(24)38-7)14-10-16-40-20(3)4/h8,11-12,19-20,22,26H,9-10,13-16H2,1-7H3/b12-8+,23-11-. The molecule has 0 spiro atoms. The molecule has 0 N–H and O–H groups in total. The van der Waals surface area contributed by atoms with Gasteiger partial charge in [-0.15, -0.1) is 0 Å². The van der Waals surface area contributed by atoms with Crippen molar-refractivity contribution in [1.82, 2.24) is 9.80 Å². The zero-order valence-corrected chi connectivity index (χ0v) is 24.5. The van der Waals surface area contributed by atoms with E-state index in [0.717, 1.165) is 4.90 Å². The Balaban J connectivity index is 2.40. The van der Waals surface area contributed by atoms with Crippen LogP contribution < -0.4 is 0 Å². The summed E-state index contributed by atoms with van der Waals surface area (Å²) in [4.78, 5) is 41.7. The van der Waals surface area contributed by atoms with Gasteiger partial charge in [0.1, 0.15) is 17.6 Å². The Labute approximate surface area is 237 Å². The lowest BCUT2D eigenvalue weighted by atomic mass is 9.83. The normalized spacial score (nSPS) is 21.4. The lowest BCUT2D eigenvalue weighted by Crippen LogP contribution is -2.44. The van der Waals surface area contributed by atoms with Crippen LogP contribution in [0.2, 0.25) is 0 Å². The molecule has 0 aromatic heterocycles. The quantitative estimate of drug-likeness (QED) is 0.191. The molecule has 2 unspecified atom stereocenters. The van der Waals surface area contributed by atoms with Crippen molar-refractivity contribution in [3.8, 4) is 12.1 Å². The van der Waals surface area contributed by atoms with Crippen molar-refractivity contribution in [3.63, 3.8) is 0 Å². The van der Waals surface area contributed by atoms with Gasteiger partial charge in [-0.05, 0) is 59.1 Å². The predicted octanol–water partition coefficient (Wildman–Crippen LogP) is 3.78. The van der Waals surface area contributed by atoms with Crippen molar-refractivity contribution in [3.05, 3.63) is 46.4 Å². The second-order valence-electron chi connectivity index (χ2n) is 10.2. The van der Waals surface area contributed by atoms with E-state index in [9.17, 15) is 24.9 Å². The maximum Gasteiger partial charge on any atom is 0.271 e. The van der Waals surface area contributed by atoms with Crippen LogP contribution in [0, 0.1) is 34.5 Å². The summed E-state index contributed by atoms with van der Waals surface area (Å²) < 4.78 is 16.7. The third kappa shape index (κ3) is 7.68. The number of hydrogen-bond donors (Lipinski definition) is 0. The van der Waals surface area contributed by atoms with Crippen LogP contribution in [-0.4, -0.2) is 73.1 Å². The Morgan fingerprint density at radius 1 is 0.950 bits per heavy atom. The topological polar surface area (TPSA) is 133 Å². The van der Waals surface area contributed by atoms with Crippen LogP contribution in [-0.2, 0) is 28.6 Å². The number of allylic oxidation sites excluding steroid dienone is 4. The second-order valence-corrected chi connectivity index (χ2v) is 10.2. The number of nitrogens with zero attached hydrogens (tertiary/aromatic N) is 4. The van der Waals surface area contributed by atoms with Gasteiger partial charge in [0, 0.05) is 43.4 Å². The summed E-state index contributed by atoms with van der Waals surface area (Å²) in [6.45, 7) is 12.3. The van der Waals surface area contributed by atoms with Crippen molar-refractivity contribution in [2.24, 2.45) is 11.8 Å².